The number of amides is 1. The molecule has 1 amide bonds. The van der Waals surface area contributed by atoms with Gasteiger partial charge in [0, 0.05) is 6.42 Å². The molecule has 1 saturated heterocycles. The lowest BCUT2D eigenvalue weighted by Crippen LogP contribution is -2.49. The van der Waals surface area contributed by atoms with Crippen molar-refractivity contribution in [2.24, 2.45) is 0 Å². The highest BCUT2D eigenvalue weighted by Gasteiger charge is 2.29. The monoisotopic (exact) mass is 431 g/mol. The molecule has 0 bridgehead atoms. The van der Waals surface area contributed by atoms with E-state index in [1.165, 1.54) is 0 Å². The zero-order valence-electron chi connectivity index (χ0n) is 17.3. The molecule has 0 unspecified atom stereocenters. The van der Waals surface area contributed by atoms with Gasteiger partial charge in [0.15, 0.2) is 0 Å². The van der Waals surface area contributed by atoms with E-state index in [1.54, 1.807) is 24.3 Å². The third kappa shape index (κ3) is 6.65. The number of ether oxygens (including phenoxy) is 1. The first-order valence-electron chi connectivity index (χ1n) is 10.3. The average molecular weight is 432 g/mol. The summed E-state index contributed by atoms with van der Waals surface area (Å²) >= 11 is 0. The molecule has 0 aliphatic carbocycles. The molecule has 162 valence electrons. The van der Waals surface area contributed by atoms with Gasteiger partial charge in [0.05, 0.1) is 30.3 Å². The van der Waals surface area contributed by atoms with Crippen LogP contribution in [0.25, 0.3) is 0 Å². The lowest BCUT2D eigenvalue weighted by molar-refractivity contribution is -0.127. The third-order valence-electron chi connectivity index (χ3n) is 5.22. The van der Waals surface area contributed by atoms with E-state index in [-0.39, 0.29) is 29.6 Å². The van der Waals surface area contributed by atoms with Crippen molar-refractivity contribution in [1.82, 2.24) is 5.32 Å². The first-order valence-corrected chi connectivity index (χ1v) is 11.8. The van der Waals surface area contributed by atoms with Gasteiger partial charge in [0.2, 0.25) is 5.91 Å². The van der Waals surface area contributed by atoms with Crippen LogP contribution >= 0.6 is 0 Å². The number of hydrogen-bond donors (Lipinski definition) is 1. The largest absolute Gasteiger partial charge is 0.371 e. The molecule has 0 aromatic heterocycles. The van der Waals surface area contributed by atoms with Crippen molar-refractivity contribution >= 4 is 16.0 Å². The van der Waals surface area contributed by atoms with Gasteiger partial charge in [0.25, 0.3) is 10.1 Å². The summed E-state index contributed by atoms with van der Waals surface area (Å²) in [4.78, 5) is 12.0. The van der Waals surface area contributed by atoms with Gasteiger partial charge in [-0.1, -0.05) is 48.0 Å². The Morgan fingerprint density at radius 2 is 1.77 bits per heavy atom. The highest BCUT2D eigenvalue weighted by atomic mass is 32.2. The third-order valence-corrected chi connectivity index (χ3v) is 6.54. The van der Waals surface area contributed by atoms with E-state index in [9.17, 15) is 13.2 Å². The van der Waals surface area contributed by atoms with E-state index >= 15 is 0 Å². The van der Waals surface area contributed by atoms with Crippen LogP contribution in [0.4, 0.5) is 0 Å². The molecule has 2 aromatic carbocycles. The minimum Gasteiger partial charge on any atom is -0.371 e. The van der Waals surface area contributed by atoms with Crippen LogP contribution < -0.4 is 5.32 Å². The maximum absolute atomic E-state index is 12.2. The normalized spacial score (nSPS) is 19.4. The van der Waals surface area contributed by atoms with E-state index in [0.29, 0.717) is 25.9 Å². The SMILES string of the molecule is Cc1ccc(S(=O)(=O)OCCCC[C@H]2NC(=O)CC[C@@H]2OCc2ccccc2)cc1. The summed E-state index contributed by atoms with van der Waals surface area (Å²) in [5.74, 6) is 0.0396. The number of benzene rings is 2. The van der Waals surface area contributed by atoms with Crippen LogP contribution in [-0.4, -0.2) is 33.1 Å². The van der Waals surface area contributed by atoms with Crippen LogP contribution in [0, 0.1) is 6.92 Å². The fraction of sp³-hybridized carbons (Fsp3) is 0.435. The minimum atomic E-state index is -3.74. The molecule has 30 heavy (non-hydrogen) atoms. The smallest absolute Gasteiger partial charge is 0.296 e. The lowest BCUT2D eigenvalue weighted by atomic mass is 9.96. The zero-order valence-corrected chi connectivity index (χ0v) is 18.1. The van der Waals surface area contributed by atoms with Crippen LogP contribution in [0.1, 0.15) is 43.2 Å². The maximum Gasteiger partial charge on any atom is 0.296 e. The quantitative estimate of drug-likeness (QED) is 0.458. The average Bonchev–Trinajstić information content (AvgIpc) is 2.74. The highest BCUT2D eigenvalue weighted by Crippen LogP contribution is 2.20. The second kappa shape index (κ2) is 10.7. The molecule has 1 fully saturated rings. The molecule has 0 radical (unpaired) electrons. The number of hydrogen-bond acceptors (Lipinski definition) is 5. The molecule has 3 rings (SSSR count). The number of carbonyl (C=O) groups excluding carboxylic acids is 1. The molecular formula is C23H29NO5S. The number of rotatable bonds is 10. The van der Waals surface area contributed by atoms with Crippen LogP contribution in [0.2, 0.25) is 0 Å². The molecule has 1 aliphatic heterocycles. The minimum absolute atomic E-state index is 0.0396. The van der Waals surface area contributed by atoms with E-state index in [0.717, 1.165) is 24.0 Å². The summed E-state index contributed by atoms with van der Waals surface area (Å²) in [5, 5.41) is 3.02. The predicted molar refractivity (Wildman–Crippen MR) is 114 cm³/mol. The van der Waals surface area contributed by atoms with Crippen LogP contribution in [-0.2, 0) is 30.4 Å². The van der Waals surface area contributed by atoms with Gasteiger partial charge in [-0.25, -0.2) is 0 Å². The van der Waals surface area contributed by atoms with Gasteiger partial charge in [-0.15, -0.1) is 0 Å². The Bertz CT molecular complexity index is 912. The molecule has 2 aromatic rings. The van der Waals surface area contributed by atoms with Crippen molar-refractivity contribution in [1.29, 1.82) is 0 Å². The summed E-state index contributed by atoms with van der Waals surface area (Å²) in [6.07, 6.45) is 3.16. The Labute approximate surface area is 178 Å². The summed E-state index contributed by atoms with van der Waals surface area (Å²) in [6.45, 7) is 2.53. The second-order valence-corrected chi connectivity index (χ2v) is 9.25. The van der Waals surface area contributed by atoms with Crippen LogP contribution in [0.3, 0.4) is 0 Å². The number of piperidine rings is 1. The van der Waals surface area contributed by atoms with Crippen LogP contribution in [0.5, 0.6) is 0 Å². The molecule has 1 N–H and O–H groups in total. The van der Waals surface area contributed by atoms with Crippen LogP contribution in [0.15, 0.2) is 59.5 Å². The number of unbranched alkanes of at least 4 members (excludes halogenated alkanes) is 1. The zero-order chi connectivity index (χ0) is 21.4. The molecule has 7 heteroatoms. The summed E-state index contributed by atoms with van der Waals surface area (Å²) < 4.78 is 35.7. The first-order chi connectivity index (χ1) is 14.4. The number of nitrogens with one attached hydrogen (secondary N) is 1. The summed E-state index contributed by atoms with van der Waals surface area (Å²) in [5.41, 5.74) is 2.09. The van der Waals surface area contributed by atoms with Gasteiger partial charge in [0.1, 0.15) is 0 Å². The van der Waals surface area contributed by atoms with Crippen molar-refractivity contribution in [3.63, 3.8) is 0 Å². The van der Waals surface area contributed by atoms with Crippen molar-refractivity contribution < 1.29 is 22.1 Å². The van der Waals surface area contributed by atoms with Gasteiger partial charge in [-0.2, -0.15) is 8.42 Å². The molecular weight excluding hydrogens is 402 g/mol. The molecule has 6 nitrogen and oxygen atoms in total. The Kier molecular flexibility index (Phi) is 8.01. The van der Waals surface area contributed by atoms with Crippen molar-refractivity contribution in [2.75, 3.05) is 6.61 Å². The lowest BCUT2D eigenvalue weighted by Gasteiger charge is -2.32. The fourth-order valence-electron chi connectivity index (χ4n) is 3.49. The van der Waals surface area contributed by atoms with Gasteiger partial charge in [-0.05, 0) is 50.3 Å². The number of aryl methyl sites for hydroxylation is 1. The van der Waals surface area contributed by atoms with Crippen molar-refractivity contribution in [3.8, 4) is 0 Å². The Balaban J connectivity index is 1.43. The molecule has 1 heterocycles. The molecule has 2 atom stereocenters. The highest BCUT2D eigenvalue weighted by molar-refractivity contribution is 7.86. The standard InChI is InChI=1S/C23H29NO5S/c1-18-10-12-20(13-11-18)30(26,27)29-16-6-5-9-21-22(14-15-23(25)24-21)28-17-19-7-3-2-4-8-19/h2-4,7-8,10-13,21-22H,5-6,9,14-17H2,1H3,(H,24,25)/t21-,22+/m1/s1. The van der Waals surface area contributed by atoms with Gasteiger partial charge in [-0.3, -0.25) is 8.98 Å². The Morgan fingerprint density at radius 1 is 1.03 bits per heavy atom. The number of carbonyl (C=O) groups is 1. The van der Waals surface area contributed by atoms with E-state index in [2.05, 4.69) is 5.32 Å². The van der Waals surface area contributed by atoms with E-state index in [4.69, 9.17) is 8.92 Å². The molecule has 1 aliphatic rings. The maximum atomic E-state index is 12.2. The summed E-state index contributed by atoms with van der Waals surface area (Å²) in [6, 6.07) is 16.5. The van der Waals surface area contributed by atoms with E-state index in [1.807, 2.05) is 37.3 Å². The van der Waals surface area contributed by atoms with Crippen molar-refractivity contribution in [3.05, 3.63) is 65.7 Å². The second-order valence-electron chi connectivity index (χ2n) is 7.63. The predicted octanol–water partition coefficient (Wildman–Crippen LogP) is 3.73. The molecule has 0 saturated carbocycles. The van der Waals surface area contributed by atoms with Crippen molar-refractivity contribution in [2.45, 2.75) is 62.7 Å². The van der Waals surface area contributed by atoms with Gasteiger partial charge >= 0.3 is 0 Å². The Morgan fingerprint density at radius 3 is 2.50 bits per heavy atom. The topological polar surface area (TPSA) is 81.7 Å². The fourth-order valence-corrected chi connectivity index (χ4v) is 4.43. The summed E-state index contributed by atoms with van der Waals surface area (Å²) in [7, 11) is -3.74. The van der Waals surface area contributed by atoms with E-state index < -0.39 is 10.1 Å². The van der Waals surface area contributed by atoms with Gasteiger partial charge < -0.3 is 10.1 Å². The molecule has 0 spiro atoms. The Hall–Kier alpha value is -2.22. The first kappa shape index (κ1) is 22.5.